The second kappa shape index (κ2) is 6.77. The minimum atomic E-state index is -0.375. The van der Waals surface area contributed by atoms with E-state index in [9.17, 15) is 5.11 Å². The Kier molecular flexibility index (Phi) is 5.02. The van der Waals surface area contributed by atoms with E-state index < -0.39 is 0 Å². The zero-order valence-corrected chi connectivity index (χ0v) is 10.4. The van der Waals surface area contributed by atoms with Crippen LogP contribution in [-0.4, -0.2) is 18.2 Å². The maximum atomic E-state index is 9.99. The van der Waals surface area contributed by atoms with E-state index in [0.29, 0.717) is 6.54 Å². The molecule has 1 atom stereocenters. The second-order valence-electron chi connectivity index (χ2n) is 5.09. The minimum absolute atomic E-state index is 0.375. The number of hydrogen-bond acceptors (Lipinski definition) is 2. The second-order valence-corrected chi connectivity index (χ2v) is 5.09. The van der Waals surface area contributed by atoms with Crippen molar-refractivity contribution in [2.45, 2.75) is 38.2 Å². The fraction of sp³-hybridized carbons (Fsp3) is 0.600. The van der Waals surface area contributed by atoms with Crippen molar-refractivity contribution in [2.24, 2.45) is 5.92 Å². The maximum absolute atomic E-state index is 9.99. The first kappa shape index (κ1) is 12.6. The number of nitrogens with one attached hydrogen (secondary N) is 1. The fourth-order valence-corrected chi connectivity index (χ4v) is 2.61. The maximum Gasteiger partial charge on any atom is 0.0914 e. The third-order valence-corrected chi connectivity index (χ3v) is 3.68. The topological polar surface area (TPSA) is 32.3 Å². The normalized spacial score (nSPS) is 19.1. The van der Waals surface area contributed by atoms with E-state index >= 15 is 0 Å². The molecule has 2 heteroatoms. The van der Waals surface area contributed by atoms with Gasteiger partial charge in [0.1, 0.15) is 0 Å². The highest BCUT2D eigenvalue weighted by molar-refractivity contribution is 5.17. The van der Waals surface area contributed by atoms with Crippen LogP contribution in [0.1, 0.15) is 43.8 Å². The Labute approximate surface area is 104 Å². The fourth-order valence-electron chi connectivity index (χ4n) is 2.61. The first-order valence-electron chi connectivity index (χ1n) is 6.80. The predicted molar refractivity (Wildman–Crippen MR) is 70.8 cm³/mol. The summed E-state index contributed by atoms with van der Waals surface area (Å²) in [6, 6.07) is 9.88. The van der Waals surface area contributed by atoms with Crippen LogP contribution in [0.4, 0.5) is 0 Å². The highest BCUT2D eigenvalue weighted by Gasteiger charge is 2.13. The van der Waals surface area contributed by atoms with Crippen molar-refractivity contribution in [3.63, 3.8) is 0 Å². The summed E-state index contributed by atoms with van der Waals surface area (Å²) in [5.41, 5.74) is 1.00. The summed E-state index contributed by atoms with van der Waals surface area (Å²) in [5, 5.41) is 13.4. The molecule has 1 aliphatic carbocycles. The summed E-state index contributed by atoms with van der Waals surface area (Å²) in [7, 11) is 0. The molecular weight excluding hydrogens is 210 g/mol. The highest BCUT2D eigenvalue weighted by atomic mass is 16.3. The lowest BCUT2D eigenvalue weighted by atomic mass is 9.89. The van der Waals surface area contributed by atoms with E-state index in [1.165, 1.54) is 32.1 Å². The summed E-state index contributed by atoms with van der Waals surface area (Å²) in [5.74, 6) is 0.826. The van der Waals surface area contributed by atoms with Gasteiger partial charge in [-0.1, -0.05) is 49.6 Å². The molecule has 0 unspecified atom stereocenters. The standard InChI is InChI=1S/C15H23NO/c17-15(14-9-5-2-6-10-14)12-16-11-13-7-3-1-4-8-13/h2,5-6,9-10,13,15-17H,1,3-4,7-8,11-12H2/t15-/m0/s1. The predicted octanol–water partition coefficient (Wildman–Crippen LogP) is 2.89. The average Bonchev–Trinajstić information content (AvgIpc) is 2.41. The quantitative estimate of drug-likeness (QED) is 0.819. The van der Waals surface area contributed by atoms with Gasteiger partial charge in [-0.15, -0.1) is 0 Å². The molecule has 2 N–H and O–H groups in total. The van der Waals surface area contributed by atoms with Crippen molar-refractivity contribution < 1.29 is 5.11 Å². The summed E-state index contributed by atoms with van der Waals surface area (Å²) in [4.78, 5) is 0. The Morgan fingerprint density at radius 3 is 2.53 bits per heavy atom. The number of aliphatic hydroxyl groups is 1. The van der Waals surface area contributed by atoms with Crippen LogP contribution in [0.25, 0.3) is 0 Å². The van der Waals surface area contributed by atoms with Crippen molar-refractivity contribution in [2.75, 3.05) is 13.1 Å². The van der Waals surface area contributed by atoms with E-state index in [4.69, 9.17) is 0 Å². The van der Waals surface area contributed by atoms with Gasteiger partial charge < -0.3 is 10.4 Å². The first-order valence-corrected chi connectivity index (χ1v) is 6.80. The molecule has 0 spiro atoms. The number of benzene rings is 1. The van der Waals surface area contributed by atoms with Crippen LogP contribution in [-0.2, 0) is 0 Å². The third kappa shape index (κ3) is 4.14. The lowest BCUT2D eigenvalue weighted by molar-refractivity contribution is 0.171. The van der Waals surface area contributed by atoms with Crippen molar-refractivity contribution in [3.05, 3.63) is 35.9 Å². The van der Waals surface area contributed by atoms with Gasteiger partial charge in [0, 0.05) is 6.54 Å². The summed E-state index contributed by atoms with van der Waals surface area (Å²) >= 11 is 0. The van der Waals surface area contributed by atoms with Gasteiger partial charge in [0.2, 0.25) is 0 Å². The van der Waals surface area contributed by atoms with Crippen molar-refractivity contribution >= 4 is 0 Å². The Morgan fingerprint density at radius 2 is 1.82 bits per heavy atom. The molecule has 0 aromatic heterocycles. The van der Waals surface area contributed by atoms with Crippen LogP contribution in [0.5, 0.6) is 0 Å². The van der Waals surface area contributed by atoms with E-state index in [2.05, 4.69) is 5.32 Å². The van der Waals surface area contributed by atoms with E-state index in [-0.39, 0.29) is 6.10 Å². The summed E-state index contributed by atoms with van der Waals surface area (Å²) < 4.78 is 0. The van der Waals surface area contributed by atoms with Crippen molar-refractivity contribution in [1.82, 2.24) is 5.32 Å². The van der Waals surface area contributed by atoms with E-state index in [1.54, 1.807) is 0 Å². The van der Waals surface area contributed by atoms with Crippen LogP contribution in [0.15, 0.2) is 30.3 Å². The zero-order chi connectivity index (χ0) is 11.9. The molecule has 1 saturated carbocycles. The number of aliphatic hydroxyl groups excluding tert-OH is 1. The molecule has 94 valence electrons. The molecule has 1 aromatic rings. The summed E-state index contributed by atoms with van der Waals surface area (Å²) in [6.45, 7) is 1.73. The largest absolute Gasteiger partial charge is 0.387 e. The van der Waals surface area contributed by atoms with Gasteiger partial charge >= 0.3 is 0 Å². The monoisotopic (exact) mass is 233 g/mol. The molecule has 0 radical (unpaired) electrons. The Hall–Kier alpha value is -0.860. The van der Waals surface area contributed by atoms with Crippen LogP contribution in [0, 0.1) is 5.92 Å². The molecule has 1 aromatic carbocycles. The van der Waals surface area contributed by atoms with Gasteiger partial charge in [-0.2, -0.15) is 0 Å². The SMILES string of the molecule is O[C@@H](CNCC1CCCCC1)c1ccccc1. The molecular formula is C15H23NO. The average molecular weight is 233 g/mol. The van der Waals surface area contributed by atoms with Gasteiger partial charge in [0.05, 0.1) is 6.10 Å². The third-order valence-electron chi connectivity index (χ3n) is 3.68. The van der Waals surface area contributed by atoms with Crippen LogP contribution >= 0.6 is 0 Å². The lowest BCUT2D eigenvalue weighted by Crippen LogP contribution is -2.28. The van der Waals surface area contributed by atoms with Gasteiger partial charge in [-0.25, -0.2) is 0 Å². The van der Waals surface area contributed by atoms with E-state index in [0.717, 1.165) is 18.0 Å². The number of hydrogen-bond donors (Lipinski definition) is 2. The molecule has 1 aliphatic rings. The molecule has 17 heavy (non-hydrogen) atoms. The number of rotatable bonds is 5. The molecule has 0 aliphatic heterocycles. The van der Waals surface area contributed by atoms with E-state index in [1.807, 2.05) is 30.3 Å². The molecule has 2 nitrogen and oxygen atoms in total. The van der Waals surface area contributed by atoms with Crippen molar-refractivity contribution in [3.8, 4) is 0 Å². The van der Waals surface area contributed by atoms with Crippen LogP contribution < -0.4 is 5.32 Å². The molecule has 0 amide bonds. The zero-order valence-electron chi connectivity index (χ0n) is 10.4. The summed E-state index contributed by atoms with van der Waals surface area (Å²) in [6.07, 6.45) is 6.51. The minimum Gasteiger partial charge on any atom is -0.387 e. The lowest BCUT2D eigenvalue weighted by Gasteiger charge is -2.22. The van der Waals surface area contributed by atoms with Gasteiger partial charge in [0.25, 0.3) is 0 Å². The van der Waals surface area contributed by atoms with Gasteiger partial charge in [0.15, 0.2) is 0 Å². The Balaban J connectivity index is 1.67. The molecule has 1 fully saturated rings. The van der Waals surface area contributed by atoms with Crippen molar-refractivity contribution in [1.29, 1.82) is 0 Å². The molecule has 2 rings (SSSR count). The Morgan fingerprint density at radius 1 is 1.12 bits per heavy atom. The molecule has 0 saturated heterocycles. The molecule has 0 bridgehead atoms. The van der Waals surface area contributed by atoms with Gasteiger partial charge in [-0.3, -0.25) is 0 Å². The highest BCUT2D eigenvalue weighted by Crippen LogP contribution is 2.22. The van der Waals surface area contributed by atoms with Gasteiger partial charge in [-0.05, 0) is 30.9 Å². The Bertz CT molecular complexity index is 306. The van der Waals surface area contributed by atoms with Crippen LogP contribution in [0.3, 0.4) is 0 Å². The molecule has 0 heterocycles. The smallest absolute Gasteiger partial charge is 0.0914 e. The first-order chi connectivity index (χ1) is 8.36. The van der Waals surface area contributed by atoms with Crippen LogP contribution in [0.2, 0.25) is 0 Å².